The Balaban J connectivity index is 2.50. The van der Waals surface area contributed by atoms with E-state index in [0.29, 0.717) is 35.7 Å². The number of halogens is 1. The number of rotatable bonds is 5. The van der Waals surface area contributed by atoms with Crippen LogP contribution in [-0.4, -0.2) is 18.1 Å². The number of carbonyl (C=O) groups is 1. The Morgan fingerprint density at radius 1 is 1.48 bits per heavy atom. The Morgan fingerprint density at radius 3 is 2.67 bits per heavy atom. The Kier molecular flexibility index (Phi) is 6.01. The van der Waals surface area contributed by atoms with E-state index in [0.717, 1.165) is 0 Å². The van der Waals surface area contributed by atoms with E-state index >= 15 is 0 Å². The fourth-order valence-corrected chi connectivity index (χ4v) is 2.01. The van der Waals surface area contributed by atoms with Gasteiger partial charge in [0.2, 0.25) is 0 Å². The van der Waals surface area contributed by atoms with Crippen LogP contribution >= 0.6 is 11.6 Å². The van der Waals surface area contributed by atoms with Gasteiger partial charge in [-0.05, 0) is 45.4 Å². The van der Waals surface area contributed by atoms with Gasteiger partial charge in [-0.15, -0.1) is 0 Å². The summed E-state index contributed by atoms with van der Waals surface area (Å²) < 4.78 is 5.22. The van der Waals surface area contributed by atoms with E-state index in [1.54, 1.807) is 18.2 Å². The van der Waals surface area contributed by atoms with Gasteiger partial charge in [0.1, 0.15) is 5.60 Å². The molecule has 21 heavy (non-hydrogen) atoms. The predicted octanol–water partition coefficient (Wildman–Crippen LogP) is 3.01. The van der Waals surface area contributed by atoms with Crippen molar-refractivity contribution in [3.8, 4) is 6.07 Å². The molecule has 1 rings (SSSR count). The minimum atomic E-state index is -0.476. The van der Waals surface area contributed by atoms with Gasteiger partial charge >= 0.3 is 5.97 Å². The molecule has 0 aromatic heterocycles. The molecule has 0 bridgehead atoms. The number of anilines is 1. The van der Waals surface area contributed by atoms with E-state index in [4.69, 9.17) is 27.4 Å². The first-order valence-electron chi connectivity index (χ1n) is 6.66. The van der Waals surface area contributed by atoms with Crippen LogP contribution in [0.1, 0.15) is 39.2 Å². The number of hydrogen-bond acceptors (Lipinski definition) is 5. The van der Waals surface area contributed by atoms with E-state index in [1.165, 1.54) is 5.01 Å². The monoisotopic (exact) mass is 309 g/mol. The maximum Gasteiger partial charge on any atom is 0.306 e. The highest BCUT2D eigenvalue weighted by Gasteiger charge is 2.16. The Hall–Kier alpha value is -1.77. The van der Waals surface area contributed by atoms with Gasteiger partial charge in [-0.3, -0.25) is 4.79 Å². The smallest absolute Gasteiger partial charge is 0.306 e. The van der Waals surface area contributed by atoms with Gasteiger partial charge in [-0.25, -0.2) is 5.84 Å². The topological polar surface area (TPSA) is 79.3 Å². The number of carbonyl (C=O) groups excluding carboxylic acids is 1. The first-order valence-corrected chi connectivity index (χ1v) is 7.04. The molecule has 0 heterocycles. The maximum atomic E-state index is 11.6. The minimum absolute atomic E-state index is 0.248. The molecule has 5 nitrogen and oxygen atoms in total. The number of nitrogens with two attached hydrogens (primary N) is 1. The summed E-state index contributed by atoms with van der Waals surface area (Å²) >= 11 is 6.07. The molecule has 6 heteroatoms. The zero-order valence-corrected chi connectivity index (χ0v) is 13.3. The average Bonchev–Trinajstić information content (AvgIpc) is 2.36. The minimum Gasteiger partial charge on any atom is -0.460 e. The van der Waals surface area contributed by atoms with Gasteiger partial charge < -0.3 is 9.75 Å². The summed E-state index contributed by atoms with van der Waals surface area (Å²) in [5.74, 6) is 5.67. The highest BCUT2D eigenvalue weighted by atomic mass is 35.5. The molecule has 1 aromatic rings. The second kappa shape index (κ2) is 7.30. The summed E-state index contributed by atoms with van der Waals surface area (Å²) in [6, 6.07) is 6.91. The lowest BCUT2D eigenvalue weighted by Gasteiger charge is -2.21. The highest BCUT2D eigenvalue weighted by molar-refractivity contribution is 6.33. The second-order valence-corrected chi connectivity index (χ2v) is 6.07. The average molecular weight is 310 g/mol. The largest absolute Gasteiger partial charge is 0.460 e. The van der Waals surface area contributed by atoms with E-state index in [-0.39, 0.29) is 5.97 Å². The molecular weight excluding hydrogens is 290 g/mol. The zero-order chi connectivity index (χ0) is 16.0. The molecule has 0 aliphatic heterocycles. The van der Waals surface area contributed by atoms with Crippen molar-refractivity contribution in [1.82, 2.24) is 0 Å². The molecule has 0 saturated carbocycles. The van der Waals surface area contributed by atoms with Crippen molar-refractivity contribution < 1.29 is 9.53 Å². The van der Waals surface area contributed by atoms with Crippen molar-refractivity contribution in [2.75, 3.05) is 11.6 Å². The molecule has 0 aliphatic carbocycles. The summed E-state index contributed by atoms with van der Waals surface area (Å²) in [5, 5.41) is 10.7. The molecule has 2 N–H and O–H groups in total. The van der Waals surface area contributed by atoms with Crippen LogP contribution in [0.4, 0.5) is 5.69 Å². The van der Waals surface area contributed by atoms with E-state index in [1.807, 2.05) is 26.8 Å². The number of nitrogens with zero attached hydrogens (tertiary/aromatic N) is 2. The third-order valence-corrected chi connectivity index (χ3v) is 2.89. The summed E-state index contributed by atoms with van der Waals surface area (Å²) in [4.78, 5) is 11.6. The van der Waals surface area contributed by atoms with Gasteiger partial charge in [0.15, 0.2) is 0 Å². The molecule has 114 valence electrons. The van der Waals surface area contributed by atoms with Crippen LogP contribution in [0.15, 0.2) is 18.2 Å². The fourth-order valence-electron chi connectivity index (χ4n) is 1.72. The molecular formula is C15H20ClN3O2. The van der Waals surface area contributed by atoms with Crippen molar-refractivity contribution in [2.24, 2.45) is 5.84 Å². The van der Waals surface area contributed by atoms with E-state index in [2.05, 4.69) is 0 Å². The number of benzene rings is 1. The molecule has 0 atom stereocenters. The molecule has 1 aromatic carbocycles. The van der Waals surface area contributed by atoms with Gasteiger partial charge in [0.25, 0.3) is 0 Å². The number of nitriles is 1. The molecule has 0 saturated heterocycles. The number of hydrogen-bond donors (Lipinski definition) is 1. The van der Waals surface area contributed by atoms with Gasteiger partial charge in [-0.1, -0.05) is 11.6 Å². The van der Waals surface area contributed by atoms with Crippen molar-refractivity contribution in [1.29, 1.82) is 5.26 Å². The Labute approximate surface area is 130 Å². The number of ether oxygens (including phenoxy) is 1. The van der Waals surface area contributed by atoms with Gasteiger partial charge in [0.05, 0.1) is 22.3 Å². The van der Waals surface area contributed by atoms with Crippen molar-refractivity contribution in [2.45, 2.75) is 39.2 Å². The molecule has 0 amide bonds. The molecule has 0 aliphatic rings. The third kappa shape index (κ3) is 6.03. The Bertz CT molecular complexity index is 547. The lowest BCUT2D eigenvalue weighted by Crippen LogP contribution is -2.32. The molecule has 0 unspecified atom stereocenters. The van der Waals surface area contributed by atoms with Gasteiger partial charge in [0, 0.05) is 13.0 Å². The lowest BCUT2D eigenvalue weighted by molar-refractivity contribution is -0.154. The van der Waals surface area contributed by atoms with E-state index in [9.17, 15) is 4.79 Å². The zero-order valence-electron chi connectivity index (χ0n) is 12.5. The summed E-state index contributed by atoms with van der Waals surface area (Å²) in [6.07, 6.45) is 0.848. The first-order chi connectivity index (χ1) is 9.73. The van der Waals surface area contributed by atoms with Crippen LogP contribution < -0.4 is 10.9 Å². The van der Waals surface area contributed by atoms with Crippen molar-refractivity contribution >= 4 is 23.3 Å². The van der Waals surface area contributed by atoms with Crippen LogP contribution in [0, 0.1) is 11.3 Å². The molecule has 0 fully saturated rings. The van der Waals surface area contributed by atoms with Crippen molar-refractivity contribution in [3.05, 3.63) is 28.8 Å². The second-order valence-electron chi connectivity index (χ2n) is 5.66. The standard InChI is InChI=1S/C15H20ClN3O2/c1-15(2,3)21-14(20)5-4-8-19(18)13-7-6-11(10-17)9-12(13)16/h6-7,9H,4-5,8,18H2,1-3H3. The van der Waals surface area contributed by atoms with Crippen LogP contribution in [-0.2, 0) is 9.53 Å². The summed E-state index contributed by atoms with van der Waals surface area (Å²) in [7, 11) is 0. The number of esters is 1. The van der Waals surface area contributed by atoms with Crippen LogP contribution in [0.5, 0.6) is 0 Å². The number of hydrazine groups is 1. The third-order valence-electron chi connectivity index (χ3n) is 2.59. The first kappa shape index (κ1) is 17.3. The highest BCUT2D eigenvalue weighted by Crippen LogP contribution is 2.25. The SMILES string of the molecule is CC(C)(C)OC(=O)CCCN(N)c1ccc(C#N)cc1Cl. The Morgan fingerprint density at radius 2 is 2.14 bits per heavy atom. The van der Waals surface area contributed by atoms with Crippen LogP contribution in [0.25, 0.3) is 0 Å². The van der Waals surface area contributed by atoms with E-state index < -0.39 is 5.60 Å². The summed E-state index contributed by atoms with van der Waals surface area (Å²) in [6.45, 7) is 5.95. The molecule has 0 spiro atoms. The molecule has 0 radical (unpaired) electrons. The summed E-state index contributed by atoms with van der Waals surface area (Å²) in [5.41, 5.74) is 0.626. The maximum absolute atomic E-state index is 11.6. The van der Waals surface area contributed by atoms with Crippen LogP contribution in [0.2, 0.25) is 5.02 Å². The normalized spacial score (nSPS) is 10.9. The van der Waals surface area contributed by atoms with Crippen molar-refractivity contribution in [3.63, 3.8) is 0 Å². The van der Waals surface area contributed by atoms with Crippen LogP contribution in [0.3, 0.4) is 0 Å². The lowest BCUT2D eigenvalue weighted by atomic mass is 10.2. The predicted molar refractivity (Wildman–Crippen MR) is 82.8 cm³/mol. The fraction of sp³-hybridized carbons (Fsp3) is 0.467. The van der Waals surface area contributed by atoms with Gasteiger partial charge in [-0.2, -0.15) is 5.26 Å². The quantitative estimate of drug-likeness (QED) is 0.514.